The molecular formula is C32H26BrClF4N6O3. The summed E-state index contributed by atoms with van der Waals surface area (Å²) in [6.07, 6.45) is -3.07. The Hall–Kier alpha value is -4.43. The molecular weight excluding hydrogens is 708 g/mol. The summed E-state index contributed by atoms with van der Waals surface area (Å²) in [5.74, 6) is -2.09. The first-order valence-corrected chi connectivity index (χ1v) is 15.7. The van der Waals surface area contributed by atoms with Crippen LogP contribution >= 0.6 is 27.5 Å². The van der Waals surface area contributed by atoms with E-state index >= 15 is 0 Å². The second-order valence-corrected chi connectivity index (χ2v) is 12.3. The minimum Gasteiger partial charge on any atom is -0.346 e. The van der Waals surface area contributed by atoms with Crippen molar-refractivity contribution in [1.29, 1.82) is 0 Å². The number of fused-ring (bicyclic) bond motifs is 2. The summed E-state index contributed by atoms with van der Waals surface area (Å²) in [4.78, 5) is 43.0. The van der Waals surface area contributed by atoms with Crippen molar-refractivity contribution in [3.8, 4) is 5.69 Å². The van der Waals surface area contributed by atoms with Gasteiger partial charge in [0.1, 0.15) is 11.5 Å². The SMILES string of the molecule is CCn1ncc2cc(-n3c(C(=O)NCc4c(F)cccc4Cl)c4n(c3=O)C[C@H](C)N(C(=O)c3ccc(Br)c(C(F)(F)F)c3)C4)ccc21. The molecule has 0 aliphatic carbocycles. The van der Waals surface area contributed by atoms with E-state index in [2.05, 4.69) is 26.3 Å². The summed E-state index contributed by atoms with van der Waals surface area (Å²) >= 11 is 9.07. The number of halogens is 6. The molecule has 3 aromatic carbocycles. The Morgan fingerprint density at radius 1 is 1.13 bits per heavy atom. The normalized spacial score (nSPS) is 14.8. The Morgan fingerprint density at radius 3 is 2.60 bits per heavy atom. The molecule has 47 heavy (non-hydrogen) atoms. The van der Waals surface area contributed by atoms with Gasteiger partial charge in [-0.3, -0.25) is 23.4 Å². The lowest BCUT2D eigenvalue weighted by molar-refractivity contribution is -0.138. The lowest BCUT2D eigenvalue weighted by Crippen LogP contribution is -2.47. The smallest absolute Gasteiger partial charge is 0.346 e. The quantitative estimate of drug-likeness (QED) is 0.200. The number of aromatic nitrogens is 4. The molecule has 0 saturated heterocycles. The number of nitrogens with zero attached hydrogens (tertiary/aromatic N) is 5. The fraction of sp³-hybridized carbons (Fsp3) is 0.250. The summed E-state index contributed by atoms with van der Waals surface area (Å²) < 4.78 is 59.6. The summed E-state index contributed by atoms with van der Waals surface area (Å²) in [5.41, 5.74) is -0.519. The fourth-order valence-corrected chi connectivity index (χ4v) is 6.52. The van der Waals surface area contributed by atoms with E-state index in [1.54, 1.807) is 36.0 Å². The third kappa shape index (κ3) is 5.84. The number of imidazole rings is 1. The van der Waals surface area contributed by atoms with E-state index < -0.39 is 41.1 Å². The van der Waals surface area contributed by atoms with Crippen molar-refractivity contribution in [2.24, 2.45) is 0 Å². The number of aryl methyl sites for hydroxylation is 1. The molecule has 9 nitrogen and oxygen atoms in total. The molecule has 1 atom stereocenters. The highest BCUT2D eigenvalue weighted by molar-refractivity contribution is 9.10. The number of nitrogens with one attached hydrogen (secondary N) is 1. The van der Waals surface area contributed by atoms with Crippen LogP contribution in [0.4, 0.5) is 17.6 Å². The van der Waals surface area contributed by atoms with E-state index in [9.17, 15) is 31.9 Å². The molecule has 2 amide bonds. The lowest BCUT2D eigenvalue weighted by Gasteiger charge is -2.34. The molecule has 244 valence electrons. The number of alkyl halides is 3. The number of amides is 2. The molecule has 0 spiro atoms. The minimum atomic E-state index is -4.71. The van der Waals surface area contributed by atoms with E-state index in [0.29, 0.717) is 17.6 Å². The van der Waals surface area contributed by atoms with Gasteiger partial charge in [0.25, 0.3) is 11.8 Å². The van der Waals surface area contributed by atoms with Crippen LogP contribution in [-0.4, -0.2) is 41.7 Å². The van der Waals surface area contributed by atoms with Gasteiger partial charge in [0.05, 0.1) is 35.2 Å². The number of hydrogen-bond donors (Lipinski definition) is 1. The average molecular weight is 734 g/mol. The zero-order valence-electron chi connectivity index (χ0n) is 24.9. The first-order valence-electron chi connectivity index (χ1n) is 14.5. The highest BCUT2D eigenvalue weighted by Gasteiger charge is 2.37. The molecule has 5 aromatic rings. The van der Waals surface area contributed by atoms with E-state index in [4.69, 9.17) is 11.6 Å². The number of rotatable bonds is 6. The van der Waals surface area contributed by atoms with Gasteiger partial charge in [-0.25, -0.2) is 9.18 Å². The van der Waals surface area contributed by atoms with Crippen LogP contribution < -0.4 is 11.0 Å². The number of carbonyl (C=O) groups excluding carboxylic acids is 2. The Balaban J connectivity index is 1.45. The monoisotopic (exact) mass is 732 g/mol. The Kier molecular flexibility index (Phi) is 8.51. The summed E-state index contributed by atoms with van der Waals surface area (Å²) in [6.45, 7) is 3.61. The van der Waals surface area contributed by atoms with Gasteiger partial charge in [-0.1, -0.05) is 33.6 Å². The first-order chi connectivity index (χ1) is 22.3. The highest BCUT2D eigenvalue weighted by atomic mass is 79.9. The van der Waals surface area contributed by atoms with E-state index in [1.807, 2.05) is 6.92 Å². The van der Waals surface area contributed by atoms with Crippen molar-refractivity contribution >= 4 is 50.2 Å². The topological polar surface area (TPSA) is 94.2 Å². The standard InChI is InChI=1S/C32H26BrClF4N6O3/c1-3-43-26-10-8-20(11-19(26)13-40-43)44-28(29(45)39-14-21-24(34)5-4-6-25(21)35)27-16-41(17(2)15-42(27)31(44)47)30(46)18-7-9-23(33)22(12-18)32(36,37)38/h4-13,17H,3,14-16H2,1-2H3,(H,39,45)/t17-/m0/s1. The zero-order valence-corrected chi connectivity index (χ0v) is 27.2. The van der Waals surface area contributed by atoms with Gasteiger partial charge in [0.2, 0.25) is 0 Å². The maximum absolute atomic E-state index is 14.6. The molecule has 0 unspecified atom stereocenters. The number of hydrogen-bond acceptors (Lipinski definition) is 4. The molecule has 1 aliphatic heterocycles. The van der Waals surface area contributed by atoms with Gasteiger partial charge < -0.3 is 10.2 Å². The van der Waals surface area contributed by atoms with Crippen LogP contribution in [0.3, 0.4) is 0 Å². The van der Waals surface area contributed by atoms with Gasteiger partial charge >= 0.3 is 11.9 Å². The Bertz CT molecular complexity index is 2100. The molecule has 1 N–H and O–H groups in total. The van der Waals surface area contributed by atoms with E-state index in [0.717, 1.165) is 17.6 Å². The molecule has 6 rings (SSSR count). The predicted octanol–water partition coefficient (Wildman–Crippen LogP) is 6.56. The second kappa shape index (κ2) is 12.3. The fourth-order valence-electron chi connectivity index (χ4n) is 5.82. The van der Waals surface area contributed by atoms with Gasteiger partial charge in [0.15, 0.2) is 0 Å². The second-order valence-electron chi connectivity index (χ2n) is 11.1. The third-order valence-electron chi connectivity index (χ3n) is 8.21. The highest BCUT2D eigenvalue weighted by Crippen LogP contribution is 2.36. The van der Waals surface area contributed by atoms with Crippen molar-refractivity contribution in [2.75, 3.05) is 0 Å². The maximum Gasteiger partial charge on any atom is 0.417 e. The van der Waals surface area contributed by atoms with Crippen LogP contribution in [0.2, 0.25) is 5.02 Å². The van der Waals surface area contributed by atoms with Crippen LogP contribution in [0.1, 0.15) is 51.5 Å². The number of carbonyl (C=O) groups is 2. The molecule has 15 heteroatoms. The zero-order chi connectivity index (χ0) is 33.8. The largest absolute Gasteiger partial charge is 0.417 e. The van der Waals surface area contributed by atoms with Crippen molar-refractivity contribution in [1.82, 2.24) is 29.1 Å². The van der Waals surface area contributed by atoms with Crippen molar-refractivity contribution in [2.45, 2.75) is 52.2 Å². The molecule has 3 heterocycles. The molecule has 2 aromatic heterocycles. The predicted molar refractivity (Wildman–Crippen MR) is 170 cm³/mol. The van der Waals surface area contributed by atoms with E-state index in [1.165, 1.54) is 38.3 Å². The maximum atomic E-state index is 14.6. The minimum absolute atomic E-state index is 0.0367. The van der Waals surface area contributed by atoms with Crippen molar-refractivity contribution in [3.05, 3.63) is 115 Å². The van der Waals surface area contributed by atoms with Gasteiger partial charge in [-0.2, -0.15) is 18.3 Å². The number of benzene rings is 3. The van der Waals surface area contributed by atoms with Gasteiger partial charge in [0, 0.05) is 51.7 Å². The third-order valence-corrected chi connectivity index (χ3v) is 9.25. The van der Waals surface area contributed by atoms with E-state index in [-0.39, 0.29) is 51.6 Å². The van der Waals surface area contributed by atoms with Crippen LogP contribution in [0, 0.1) is 5.82 Å². The molecule has 1 aliphatic rings. The Labute approximate surface area is 278 Å². The van der Waals surface area contributed by atoms with Crippen molar-refractivity contribution < 1.29 is 27.2 Å². The van der Waals surface area contributed by atoms with Crippen molar-refractivity contribution in [3.63, 3.8) is 0 Å². The van der Waals surface area contributed by atoms with Crippen LogP contribution in [0.25, 0.3) is 16.6 Å². The van der Waals surface area contributed by atoms with Gasteiger partial charge in [-0.05, 0) is 62.4 Å². The summed E-state index contributed by atoms with van der Waals surface area (Å²) in [6, 6.07) is 11.8. The molecule has 0 saturated carbocycles. The molecule has 0 bridgehead atoms. The first kappa shape index (κ1) is 32.5. The summed E-state index contributed by atoms with van der Waals surface area (Å²) in [7, 11) is 0. The molecule has 0 fully saturated rings. The van der Waals surface area contributed by atoms with Crippen LogP contribution in [0.15, 0.2) is 70.1 Å². The lowest BCUT2D eigenvalue weighted by atomic mass is 10.1. The summed E-state index contributed by atoms with van der Waals surface area (Å²) in [5, 5.41) is 7.81. The Morgan fingerprint density at radius 2 is 1.89 bits per heavy atom. The van der Waals surface area contributed by atoms with Crippen LogP contribution in [-0.2, 0) is 32.4 Å². The van der Waals surface area contributed by atoms with Crippen LogP contribution in [0.5, 0.6) is 0 Å². The average Bonchev–Trinajstić information content (AvgIpc) is 3.57. The molecule has 0 radical (unpaired) electrons. The van der Waals surface area contributed by atoms with Gasteiger partial charge in [-0.15, -0.1) is 0 Å².